The average molecular weight is 290 g/mol. The van der Waals surface area contributed by atoms with Gasteiger partial charge in [-0.3, -0.25) is 4.79 Å². The molecule has 0 bridgehead atoms. The topological polar surface area (TPSA) is 59.8 Å². The molecule has 2 aliphatic rings. The summed E-state index contributed by atoms with van der Waals surface area (Å²) >= 11 is 0. The first-order valence-corrected chi connectivity index (χ1v) is 8.15. The predicted octanol–water partition coefficient (Wildman–Crippen LogP) is 2.05. The molecule has 116 valence electrons. The van der Waals surface area contributed by atoms with Crippen molar-refractivity contribution >= 4 is 5.91 Å². The smallest absolute Gasteiger partial charge is 0.224 e. The third-order valence-electron chi connectivity index (χ3n) is 4.78. The van der Waals surface area contributed by atoms with Gasteiger partial charge >= 0.3 is 0 Å². The lowest BCUT2D eigenvalue weighted by Crippen LogP contribution is -2.40. The van der Waals surface area contributed by atoms with Crippen LogP contribution >= 0.6 is 0 Å². The summed E-state index contributed by atoms with van der Waals surface area (Å²) in [5.74, 6) is 3.01. The molecule has 1 aliphatic carbocycles. The van der Waals surface area contributed by atoms with E-state index in [1.165, 1.54) is 19.3 Å². The molecular formula is C16H26N4O. The van der Waals surface area contributed by atoms with E-state index >= 15 is 0 Å². The minimum Gasteiger partial charge on any atom is -0.356 e. The van der Waals surface area contributed by atoms with Gasteiger partial charge < -0.3 is 9.88 Å². The van der Waals surface area contributed by atoms with E-state index < -0.39 is 0 Å². The zero-order valence-corrected chi connectivity index (χ0v) is 13.4. The second-order valence-electron chi connectivity index (χ2n) is 7.58. The Morgan fingerprint density at radius 1 is 1.29 bits per heavy atom. The number of carbonyl (C=O) groups is 1. The Kier molecular flexibility index (Phi) is 3.76. The fourth-order valence-corrected chi connectivity index (χ4v) is 3.18. The Balaban J connectivity index is 1.65. The third-order valence-corrected chi connectivity index (χ3v) is 4.78. The van der Waals surface area contributed by atoms with Gasteiger partial charge in [-0.25, -0.2) is 0 Å². The summed E-state index contributed by atoms with van der Waals surface area (Å²) in [6.07, 6.45) is 5.61. The lowest BCUT2D eigenvalue weighted by molar-refractivity contribution is -0.126. The van der Waals surface area contributed by atoms with Gasteiger partial charge in [-0.15, -0.1) is 10.2 Å². The predicted molar refractivity (Wildman–Crippen MR) is 80.9 cm³/mol. The van der Waals surface area contributed by atoms with Crippen LogP contribution in [0.15, 0.2) is 0 Å². The van der Waals surface area contributed by atoms with E-state index in [-0.39, 0.29) is 17.2 Å². The van der Waals surface area contributed by atoms with Gasteiger partial charge in [-0.05, 0) is 25.2 Å². The number of hydrogen-bond acceptors (Lipinski definition) is 3. The highest BCUT2D eigenvalue weighted by atomic mass is 16.1. The lowest BCUT2D eigenvalue weighted by Gasteiger charge is -2.29. The van der Waals surface area contributed by atoms with E-state index in [4.69, 9.17) is 0 Å². The number of nitrogens with zero attached hydrogens (tertiary/aromatic N) is 3. The molecule has 1 aromatic heterocycles. The molecule has 1 atom stereocenters. The van der Waals surface area contributed by atoms with Gasteiger partial charge in [0.2, 0.25) is 5.91 Å². The number of nitrogens with one attached hydrogen (secondary N) is 1. The average Bonchev–Trinajstić information content (AvgIpc) is 2.79. The monoisotopic (exact) mass is 290 g/mol. The molecular weight excluding hydrogens is 264 g/mol. The molecule has 1 aliphatic heterocycles. The van der Waals surface area contributed by atoms with Gasteiger partial charge in [0.25, 0.3) is 0 Å². The molecule has 0 radical (unpaired) electrons. The van der Waals surface area contributed by atoms with Crippen LogP contribution in [0, 0.1) is 11.8 Å². The third kappa shape index (κ3) is 2.97. The van der Waals surface area contributed by atoms with Crippen LogP contribution in [0.5, 0.6) is 0 Å². The molecule has 1 aromatic rings. The second-order valence-corrected chi connectivity index (χ2v) is 7.58. The summed E-state index contributed by atoms with van der Waals surface area (Å²) in [4.78, 5) is 12.4. The molecule has 2 heterocycles. The van der Waals surface area contributed by atoms with Crippen molar-refractivity contribution in [2.45, 2.75) is 64.8 Å². The van der Waals surface area contributed by atoms with Gasteiger partial charge in [-0.1, -0.05) is 27.2 Å². The number of carbonyl (C=O) groups excluding carboxylic acids is 1. The fourth-order valence-electron chi connectivity index (χ4n) is 3.18. The number of rotatable bonds is 3. The molecule has 0 saturated heterocycles. The molecule has 21 heavy (non-hydrogen) atoms. The summed E-state index contributed by atoms with van der Waals surface area (Å²) < 4.78 is 2.16. The largest absolute Gasteiger partial charge is 0.356 e. The van der Waals surface area contributed by atoms with E-state index in [0.29, 0.717) is 5.92 Å². The molecule has 5 nitrogen and oxygen atoms in total. The molecule has 5 heteroatoms. The first-order chi connectivity index (χ1) is 9.95. The minimum atomic E-state index is -0.0322. The Hall–Kier alpha value is -1.39. The number of amides is 1. The van der Waals surface area contributed by atoms with Crippen LogP contribution in [0.2, 0.25) is 0 Å². The highest BCUT2D eigenvalue weighted by molar-refractivity contribution is 5.78. The van der Waals surface area contributed by atoms with E-state index in [1.54, 1.807) is 0 Å². The summed E-state index contributed by atoms with van der Waals surface area (Å²) in [5, 5.41) is 11.8. The van der Waals surface area contributed by atoms with Crippen molar-refractivity contribution < 1.29 is 4.79 Å². The van der Waals surface area contributed by atoms with Crippen molar-refractivity contribution in [3.8, 4) is 0 Å². The van der Waals surface area contributed by atoms with E-state index in [2.05, 4.69) is 40.9 Å². The maximum absolute atomic E-state index is 12.4. The van der Waals surface area contributed by atoms with Gasteiger partial charge in [0.05, 0.1) is 5.92 Å². The Bertz CT molecular complexity index is 525. The van der Waals surface area contributed by atoms with Crippen LogP contribution in [0.4, 0.5) is 0 Å². The molecule has 1 fully saturated rings. The molecule has 1 saturated carbocycles. The van der Waals surface area contributed by atoms with E-state index in [0.717, 1.165) is 37.6 Å². The Morgan fingerprint density at radius 3 is 2.67 bits per heavy atom. The van der Waals surface area contributed by atoms with Crippen LogP contribution in [-0.4, -0.2) is 27.2 Å². The first-order valence-electron chi connectivity index (χ1n) is 8.15. The molecule has 1 N–H and O–H groups in total. The van der Waals surface area contributed by atoms with Crippen molar-refractivity contribution in [2.75, 3.05) is 6.54 Å². The van der Waals surface area contributed by atoms with Crippen LogP contribution < -0.4 is 5.32 Å². The first kappa shape index (κ1) is 14.5. The van der Waals surface area contributed by atoms with Gasteiger partial charge in [-0.2, -0.15) is 0 Å². The number of aryl methyl sites for hydroxylation is 1. The van der Waals surface area contributed by atoms with Crippen molar-refractivity contribution in [1.29, 1.82) is 0 Å². The molecule has 0 spiro atoms. The van der Waals surface area contributed by atoms with Gasteiger partial charge in [0, 0.05) is 24.9 Å². The van der Waals surface area contributed by atoms with Crippen LogP contribution in [0.1, 0.15) is 58.1 Å². The molecule has 0 aromatic carbocycles. The van der Waals surface area contributed by atoms with E-state index in [9.17, 15) is 4.79 Å². The summed E-state index contributed by atoms with van der Waals surface area (Å²) in [6, 6.07) is 0. The maximum atomic E-state index is 12.4. The Labute approximate surface area is 126 Å². The van der Waals surface area contributed by atoms with Gasteiger partial charge in [0.1, 0.15) is 11.6 Å². The summed E-state index contributed by atoms with van der Waals surface area (Å²) in [5.41, 5.74) is -0.0322. The summed E-state index contributed by atoms with van der Waals surface area (Å²) in [6.45, 7) is 8.02. The van der Waals surface area contributed by atoms with Crippen LogP contribution in [0.25, 0.3) is 0 Å². The minimum absolute atomic E-state index is 0.0322. The molecule has 3 rings (SSSR count). The highest BCUT2D eigenvalue weighted by Gasteiger charge is 2.31. The SMILES string of the molecule is CC(C)(C)c1nnc2n1CC(C(=O)NCC1CCC1)CC2. The number of fused-ring (bicyclic) bond motifs is 1. The van der Waals surface area contributed by atoms with E-state index in [1.807, 2.05) is 0 Å². The maximum Gasteiger partial charge on any atom is 0.224 e. The van der Waals surface area contributed by atoms with Crippen molar-refractivity contribution in [3.05, 3.63) is 11.6 Å². The second kappa shape index (κ2) is 5.43. The number of hydrogen-bond donors (Lipinski definition) is 1. The highest BCUT2D eigenvalue weighted by Crippen LogP contribution is 2.28. The van der Waals surface area contributed by atoms with Crippen LogP contribution in [0.3, 0.4) is 0 Å². The zero-order valence-electron chi connectivity index (χ0n) is 13.4. The van der Waals surface area contributed by atoms with Crippen molar-refractivity contribution in [2.24, 2.45) is 11.8 Å². The van der Waals surface area contributed by atoms with Crippen LogP contribution in [-0.2, 0) is 23.2 Å². The zero-order chi connectivity index (χ0) is 15.0. The van der Waals surface area contributed by atoms with Gasteiger partial charge in [0.15, 0.2) is 0 Å². The standard InChI is InChI=1S/C16H26N4O/c1-16(2,3)15-19-18-13-8-7-12(10-20(13)15)14(21)17-9-11-5-4-6-11/h11-12H,4-10H2,1-3H3,(H,17,21). The molecule has 1 unspecified atom stereocenters. The quantitative estimate of drug-likeness (QED) is 0.927. The summed E-state index contributed by atoms with van der Waals surface area (Å²) in [7, 11) is 0. The number of aromatic nitrogens is 3. The Morgan fingerprint density at radius 2 is 2.05 bits per heavy atom. The normalized spacial score (nSPS) is 22.5. The fraction of sp³-hybridized carbons (Fsp3) is 0.812. The van der Waals surface area contributed by atoms with Crippen molar-refractivity contribution in [1.82, 2.24) is 20.1 Å². The van der Waals surface area contributed by atoms with Crippen molar-refractivity contribution in [3.63, 3.8) is 0 Å². The lowest BCUT2D eigenvalue weighted by atomic mass is 9.85. The molecule has 1 amide bonds.